The summed E-state index contributed by atoms with van der Waals surface area (Å²) in [5, 5.41) is 0.561. The predicted molar refractivity (Wildman–Crippen MR) is 70.6 cm³/mol. The molecule has 1 aromatic heterocycles. The maximum absolute atomic E-state index is 11.0. The summed E-state index contributed by atoms with van der Waals surface area (Å²) in [6, 6.07) is 7.85. The SMILES string of the molecule is Cc1cccc(N=Cc2sc(=O)[nH]c2S)c1. The third-order valence-electron chi connectivity index (χ3n) is 1.99. The lowest BCUT2D eigenvalue weighted by Gasteiger charge is -1.94. The zero-order valence-corrected chi connectivity index (χ0v) is 10.3. The number of aryl methyl sites for hydroxylation is 1. The fourth-order valence-corrected chi connectivity index (χ4v) is 2.24. The number of nitrogens with one attached hydrogen (secondary N) is 1. The molecule has 2 aromatic rings. The minimum atomic E-state index is -0.115. The molecule has 0 aliphatic rings. The Hall–Kier alpha value is -1.33. The number of aliphatic imine (C=N–C) groups is 1. The lowest BCUT2D eigenvalue weighted by atomic mass is 10.2. The molecular formula is C11H10N2OS2. The molecule has 82 valence electrons. The Kier molecular flexibility index (Phi) is 3.26. The lowest BCUT2D eigenvalue weighted by molar-refractivity contribution is 1.16. The number of rotatable bonds is 2. The highest BCUT2D eigenvalue weighted by molar-refractivity contribution is 7.80. The number of aromatic amines is 1. The molecule has 0 fully saturated rings. The fourth-order valence-electron chi connectivity index (χ4n) is 1.26. The number of thiol groups is 1. The minimum absolute atomic E-state index is 0.115. The third-order valence-corrected chi connectivity index (χ3v) is 3.31. The number of nitrogens with zero attached hydrogens (tertiary/aromatic N) is 1. The maximum atomic E-state index is 11.0. The molecule has 0 aliphatic carbocycles. The van der Waals surface area contributed by atoms with Gasteiger partial charge in [0.05, 0.1) is 15.6 Å². The van der Waals surface area contributed by atoms with Crippen LogP contribution in [0.25, 0.3) is 0 Å². The van der Waals surface area contributed by atoms with Crippen molar-refractivity contribution >= 4 is 35.9 Å². The van der Waals surface area contributed by atoms with Gasteiger partial charge in [0.15, 0.2) is 0 Å². The first-order chi connectivity index (χ1) is 7.65. The van der Waals surface area contributed by atoms with Crippen LogP contribution in [0.2, 0.25) is 0 Å². The molecule has 0 atom stereocenters. The third kappa shape index (κ3) is 2.62. The molecule has 2 rings (SSSR count). The van der Waals surface area contributed by atoms with Crippen LogP contribution in [-0.4, -0.2) is 11.2 Å². The van der Waals surface area contributed by atoms with Gasteiger partial charge in [-0.1, -0.05) is 23.5 Å². The summed E-state index contributed by atoms with van der Waals surface area (Å²) >= 11 is 5.25. The molecule has 0 saturated heterocycles. The summed E-state index contributed by atoms with van der Waals surface area (Å²) in [6.45, 7) is 2.01. The van der Waals surface area contributed by atoms with Gasteiger partial charge in [0.1, 0.15) is 0 Å². The molecule has 16 heavy (non-hydrogen) atoms. The van der Waals surface area contributed by atoms with Gasteiger partial charge in [-0.25, -0.2) is 0 Å². The van der Waals surface area contributed by atoms with Crippen molar-refractivity contribution < 1.29 is 0 Å². The summed E-state index contributed by atoms with van der Waals surface area (Å²) in [7, 11) is 0. The number of hydrogen-bond acceptors (Lipinski definition) is 4. The van der Waals surface area contributed by atoms with Crippen LogP contribution in [-0.2, 0) is 0 Å². The van der Waals surface area contributed by atoms with E-state index in [0.717, 1.165) is 27.5 Å². The number of aromatic nitrogens is 1. The summed E-state index contributed by atoms with van der Waals surface area (Å²) in [4.78, 5) is 18.5. The van der Waals surface area contributed by atoms with Crippen LogP contribution >= 0.6 is 24.0 Å². The van der Waals surface area contributed by atoms with Crippen molar-refractivity contribution in [2.75, 3.05) is 0 Å². The first-order valence-corrected chi connectivity index (χ1v) is 5.94. The van der Waals surface area contributed by atoms with Crippen molar-refractivity contribution in [1.29, 1.82) is 0 Å². The van der Waals surface area contributed by atoms with Gasteiger partial charge in [0, 0.05) is 6.21 Å². The molecule has 0 aliphatic heterocycles. The monoisotopic (exact) mass is 250 g/mol. The largest absolute Gasteiger partial charge is 0.307 e. The van der Waals surface area contributed by atoms with Crippen molar-refractivity contribution in [3.05, 3.63) is 44.4 Å². The van der Waals surface area contributed by atoms with Gasteiger partial charge < -0.3 is 4.98 Å². The Morgan fingerprint density at radius 3 is 2.94 bits per heavy atom. The zero-order valence-electron chi connectivity index (χ0n) is 8.60. The molecule has 0 unspecified atom stereocenters. The van der Waals surface area contributed by atoms with Crippen molar-refractivity contribution in [2.24, 2.45) is 4.99 Å². The van der Waals surface area contributed by atoms with Gasteiger partial charge in [-0.15, -0.1) is 12.6 Å². The number of hydrogen-bond donors (Lipinski definition) is 2. The molecule has 0 bridgehead atoms. The van der Waals surface area contributed by atoms with Gasteiger partial charge in [0.25, 0.3) is 0 Å². The van der Waals surface area contributed by atoms with Gasteiger partial charge in [0.2, 0.25) is 0 Å². The fraction of sp³-hybridized carbons (Fsp3) is 0.0909. The predicted octanol–water partition coefficient (Wildman–Crippen LogP) is 2.78. The smallest absolute Gasteiger partial charge is 0.305 e. The van der Waals surface area contributed by atoms with E-state index in [-0.39, 0.29) is 4.87 Å². The maximum Gasteiger partial charge on any atom is 0.305 e. The standard InChI is InChI=1S/C11H10N2OS2/c1-7-3-2-4-8(5-7)12-6-9-10(15)13-11(14)16-9/h2-6,15H,1H3,(H,13,14). The Morgan fingerprint density at radius 1 is 1.50 bits per heavy atom. The van der Waals surface area contributed by atoms with E-state index in [4.69, 9.17) is 0 Å². The second-order valence-corrected chi connectivity index (χ2v) is 4.79. The highest BCUT2D eigenvalue weighted by Crippen LogP contribution is 2.15. The Balaban J connectivity index is 2.28. The van der Waals surface area contributed by atoms with Crippen molar-refractivity contribution in [3.8, 4) is 0 Å². The van der Waals surface area contributed by atoms with Crippen LogP contribution in [0.3, 0.4) is 0 Å². The van der Waals surface area contributed by atoms with Crippen LogP contribution in [0.1, 0.15) is 10.4 Å². The highest BCUT2D eigenvalue weighted by atomic mass is 32.1. The van der Waals surface area contributed by atoms with Gasteiger partial charge in [-0.2, -0.15) is 0 Å². The van der Waals surface area contributed by atoms with Crippen molar-refractivity contribution in [2.45, 2.75) is 11.9 Å². The Labute approximate surface area is 102 Å². The summed E-state index contributed by atoms with van der Waals surface area (Å²) < 4.78 is 0. The van der Waals surface area contributed by atoms with E-state index in [1.807, 2.05) is 31.2 Å². The second-order valence-electron chi connectivity index (χ2n) is 3.32. The summed E-state index contributed by atoms with van der Waals surface area (Å²) in [5.41, 5.74) is 2.02. The topological polar surface area (TPSA) is 45.2 Å². The molecule has 1 N–H and O–H groups in total. The van der Waals surface area contributed by atoms with Crippen LogP contribution in [0.4, 0.5) is 5.69 Å². The van der Waals surface area contributed by atoms with Crippen LogP contribution < -0.4 is 4.87 Å². The van der Waals surface area contributed by atoms with E-state index in [0.29, 0.717) is 5.03 Å². The Morgan fingerprint density at radius 2 is 2.31 bits per heavy atom. The average Bonchev–Trinajstić information content (AvgIpc) is 2.54. The van der Waals surface area contributed by atoms with Crippen LogP contribution in [0.15, 0.2) is 39.1 Å². The molecule has 0 spiro atoms. The molecule has 5 heteroatoms. The van der Waals surface area contributed by atoms with Crippen molar-refractivity contribution in [3.63, 3.8) is 0 Å². The van der Waals surface area contributed by atoms with E-state index in [1.54, 1.807) is 6.21 Å². The van der Waals surface area contributed by atoms with Gasteiger partial charge in [-0.05, 0) is 24.6 Å². The van der Waals surface area contributed by atoms with E-state index in [2.05, 4.69) is 22.6 Å². The summed E-state index contributed by atoms with van der Waals surface area (Å²) in [5.74, 6) is 0. The molecule has 1 aromatic carbocycles. The summed E-state index contributed by atoms with van der Waals surface area (Å²) in [6.07, 6.45) is 1.65. The minimum Gasteiger partial charge on any atom is -0.307 e. The molecule has 1 heterocycles. The van der Waals surface area contributed by atoms with E-state index >= 15 is 0 Å². The first-order valence-electron chi connectivity index (χ1n) is 4.68. The average molecular weight is 250 g/mol. The molecular weight excluding hydrogens is 240 g/mol. The van der Waals surface area contributed by atoms with Crippen LogP contribution in [0, 0.1) is 6.92 Å². The number of benzene rings is 1. The van der Waals surface area contributed by atoms with Crippen LogP contribution in [0.5, 0.6) is 0 Å². The van der Waals surface area contributed by atoms with E-state index in [1.165, 1.54) is 0 Å². The first kappa shape index (κ1) is 11.2. The lowest BCUT2D eigenvalue weighted by Crippen LogP contribution is -1.89. The molecule has 0 amide bonds. The molecule has 0 saturated carbocycles. The quantitative estimate of drug-likeness (QED) is 0.625. The Bertz CT molecular complexity index is 584. The van der Waals surface area contributed by atoms with E-state index < -0.39 is 0 Å². The number of thiazole rings is 1. The normalized spacial score (nSPS) is 11.1. The number of H-pyrrole nitrogens is 1. The van der Waals surface area contributed by atoms with Crippen molar-refractivity contribution in [1.82, 2.24) is 4.98 Å². The van der Waals surface area contributed by atoms with Gasteiger partial charge in [-0.3, -0.25) is 9.79 Å². The molecule has 3 nitrogen and oxygen atoms in total. The molecule has 0 radical (unpaired) electrons. The van der Waals surface area contributed by atoms with E-state index in [9.17, 15) is 4.79 Å². The van der Waals surface area contributed by atoms with Gasteiger partial charge >= 0.3 is 4.87 Å². The zero-order chi connectivity index (χ0) is 11.5. The second kappa shape index (κ2) is 4.67. The highest BCUT2D eigenvalue weighted by Gasteiger charge is 2.00.